The van der Waals surface area contributed by atoms with E-state index in [4.69, 9.17) is 15.2 Å². The van der Waals surface area contributed by atoms with Crippen molar-refractivity contribution in [2.75, 3.05) is 27.3 Å². The molecule has 3 N–H and O–H groups in total. The highest BCUT2D eigenvalue weighted by atomic mass is 16.5. The Hall–Kier alpha value is -1.26. The molecule has 4 heteroatoms. The molecule has 0 aromatic heterocycles. The lowest BCUT2D eigenvalue weighted by Gasteiger charge is -2.19. The molecule has 1 atom stereocenters. The van der Waals surface area contributed by atoms with Gasteiger partial charge in [0.1, 0.15) is 11.5 Å². The first kappa shape index (κ1) is 12.8. The van der Waals surface area contributed by atoms with E-state index in [1.165, 1.54) is 0 Å². The van der Waals surface area contributed by atoms with E-state index in [2.05, 4.69) is 12.2 Å². The van der Waals surface area contributed by atoms with Crippen LogP contribution in [0.2, 0.25) is 0 Å². The monoisotopic (exact) mass is 224 g/mol. The van der Waals surface area contributed by atoms with Gasteiger partial charge in [-0.25, -0.2) is 0 Å². The first-order chi connectivity index (χ1) is 7.76. The molecule has 0 bridgehead atoms. The zero-order chi connectivity index (χ0) is 12.0. The Kier molecular flexibility index (Phi) is 5.08. The number of benzene rings is 1. The highest BCUT2D eigenvalue weighted by Crippen LogP contribution is 2.28. The van der Waals surface area contributed by atoms with Gasteiger partial charge in [0.15, 0.2) is 0 Å². The number of methoxy groups -OCH3 is 2. The van der Waals surface area contributed by atoms with Gasteiger partial charge in [0.2, 0.25) is 0 Å². The van der Waals surface area contributed by atoms with Crippen LogP contribution in [0.5, 0.6) is 11.5 Å². The molecule has 1 unspecified atom stereocenters. The van der Waals surface area contributed by atoms with E-state index in [0.717, 1.165) is 23.6 Å². The van der Waals surface area contributed by atoms with Crippen LogP contribution in [0, 0.1) is 0 Å². The summed E-state index contributed by atoms with van der Waals surface area (Å²) in [5.41, 5.74) is 6.78. The second-order valence-corrected chi connectivity index (χ2v) is 3.45. The van der Waals surface area contributed by atoms with Crippen molar-refractivity contribution in [3.05, 3.63) is 23.8 Å². The van der Waals surface area contributed by atoms with Gasteiger partial charge in [-0.3, -0.25) is 0 Å². The molecule has 0 amide bonds. The van der Waals surface area contributed by atoms with Gasteiger partial charge in [-0.05, 0) is 24.7 Å². The van der Waals surface area contributed by atoms with Crippen LogP contribution in [-0.4, -0.2) is 27.3 Å². The first-order valence-electron chi connectivity index (χ1n) is 5.42. The highest BCUT2D eigenvalue weighted by molar-refractivity contribution is 5.42. The molecule has 16 heavy (non-hydrogen) atoms. The van der Waals surface area contributed by atoms with Crippen LogP contribution < -0.4 is 20.5 Å². The summed E-state index contributed by atoms with van der Waals surface area (Å²) in [7, 11) is 3.31. The molecule has 0 aliphatic rings. The van der Waals surface area contributed by atoms with Crippen LogP contribution in [0.25, 0.3) is 0 Å². The summed E-state index contributed by atoms with van der Waals surface area (Å²) in [5.74, 6) is 1.64. The van der Waals surface area contributed by atoms with Gasteiger partial charge in [0.25, 0.3) is 0 Å². The predicted molar refractivity (Wildman–Crippen MR) is 65.0 cm³/mol. The molecule has 90 valence electrons. The standard InChI is InChI=1S/C12H20N2O2/c1-4-14-11(8-13)10-7-9(15-2)5-6-12(10)16-3/h5-7,11,14H,4,8,13H2,1-3H3. The quantitative estimate of drug-likeness (QED) is 0.765. The van der Waals surface area contributed by atoms with Crippen molar-refractivity contribution in [3.8, 4) is 11.5 Å². The average Bonchev–Trinajstić information content (AvgIpc) is 2.35. The van der Waals surface area contributed by atoms with Crippen molar-refractivity contribution in [2.45, 2.75) is 13.0 Å². The van der Waals surface area contributed by atoms with E-state index >= 15 is 0 Å². The van der Waals surface area contributed by atoms with Crippen molar-refractivity contribution < 1.29 is 9.47 Å². The normalized spacial score (nSPS) is 12.2. The minimum absolute atomic E-state index is 0.0926. The summed E-state index contributed by atoms with van der Waals surface area (Å²) >= 11 is 0. The molecule has 1 aromatic rings. The Morgan fingerprint density at radius 1 is 1.31 bits per heavy atom. The lowest BCUT2D eigenvalue weighted by atomic mass is 10.1. The topological polar surface area (TPSA) is 56.5 Å². The van der Waals surface area contributed by atoms with E-state index < -0.39 is 0 Å². The Balaban J connectivity index is 3.05. The van der Waals surface area contributed by atoms with Gasteiger partial charge in [0.05, 0.1) is 14.2 Å². The maximum Gasteiger partial charge on any atom is 0.123 e. The van der Waals surface area contributed by atoms with Crippen molar-refractivity contribution in [2.24, 2.45) is 5.73 Å². The fourth-order valence-electron chi connectivity index (χ4n) is 1.68. The molecule has 0 heterocycles. The van der Waals surface area contributed by atoms with Crippen molar-refractivity contribution in [1.29, 1.82) is 0 Å². The first-order valence-corrected chi connectivity index (χ1v) is 5.42. The van der Waals surface area contributed by atoms with E-state index in [9.17, 15) is 0 Å². The third-order valence-corrected chi connectivity index (χ3v) is 2.50. The molecule has 1 aromatic carbocycles. The number of rotatable bonds is 6. The van der Waals surface area contributed by atoms with Gasteiger partial charge < -0.3 is 20.5 Å². The van der Waals surface area contributed by atoms with Crippen LogP contribution in [0.4, 0.5) is 0 Å². The van der Waals surface area contributed by atoms with Crippen molar-refractivity contribution in [3.63, 3.8) is 0 Å². The van der Waals surface area contributed by atoms with Crippen LogP contribution in [-0.2, 0) is 0 Å². The fourth-order valence-corrected chi connectivity index (χ4v) is 1.68. The molecule has 0 spiro atoms. The highest BCUT2D eigenvalue weighted by Gasteiger charge is 2.14. The second kappa shape index (κ2) is 6.35. The summed E-state index contributed by atoms with van der Waals surface area (Å²) in [6.07, 6.45) is 0. The lowest BCUT2D eigenvalue weighted by molar-refractivity contribution is 0.390. The van der Waals surface area contributed by atoms with E-state index in [0.29, 0.717) is 6.54 Å². The minimum Gasteiger partial charge on any atom is -0.497 e. The average molecular weight is 224 g/mol. The maximum atomic E-state index is 5.75. The zero-order valence-electron chi connectivity index (χ0n) is 10.1. The molecular formula is C12H20N2O2. The van der Waals surface area contributed by atoms with Crippen molar-refractivity contribution in [1.82, 2.24) is 5.32 Å². The van der Waals surface area contributed by atoms with Crippen molar-refractivity contribution >= 4 is 0 Å². The molecule has 0 saturated heterocycles. The lowest BCUT2D eigenvalue weighted by Crippen LogP contribution is -2.28. The molecule has 0 radical (unpaired) electrons. The maximum absolute atomic E-state index is 5.75. The fraction of sp³-hybridized carbons (Fsp3) is 0.500. The van der Waals surface area contributed by atoms with Gasteiger partial charge in [0, 0.05) is 18.2 Å². The van der Waals surface area contributed by atoms with Crippen LogP contribution in [0.3, 0.4) is 0 Å². The summed E-state index contributed by atoms with van der Waals surface area (Å²) in [6.45, 7) is 3.44. The molecule has 4 nitrogen and oxygen atoms in total. The third kappa shape index (κ3) is 2.87. The minimum atomic E-state index is 0.0926. The Morgan fingerprint density at radius 2 is 2.06 bits per heavy atom. The number of likely N-dealkylation sites (N-methyl/N-ethyl adjacent to an activating group) is 1. The molecule has 0 aliphatic heterocycles. The number of nitrogens with one attached hydrogen (secondary N) is 1. The van der Waals surface area contributed by atoms with Crippen LogP contribution >= 0.6 is 0 Å². The zero-order valence-corrected chi connectivity index (χ0v) is 10.1. The smallest absolute Gasteiger partial charge is 0.123 e. The van der Waals surface area contributed by atoms with Crippen LogP contribution in [0.1, 0.15) is 18.5 Å². The number of nitrogens with two attached hydrogens (primary N) is 1. The molecular weight excluding hydrogens is 204 g/mol. The largest absolute Gasteiger partial charge is 0.497 e. The molecule has 1 rings (SSSR count). The van der Waals surface area contributed by atoms with Gasteiger partial charge in [-0.2, -0.15) is 0 Å². The summed E-state index contributed by atoms with van der Waals surface area (Å²) in [6, 6.07) is 5.82. The second-order valence-electron chi connectivity index (χ2n) is 3.45. The van der Waals surface area contributed by atoms with Gasteiger partial charge in [-0.1, -0.05) is 6.92 Å². The number of hydrogen-bond acceptors (Lipinski definition) is 4. The van der Waals surface area contributed by atoms with Gasteiger partial charge in [-0.15, -0.1) is 0 Å². The van der Waals surface area contributed by atoms with E-state index in [1.54, 1.807) is 14.2 Å². The number of hydrogen-bond donors (Lipinski definition) is 2. The molecule has 0 fully saturated rings. The molecule has 0 aliphatic carbocycles. The third-order valence-electron chi connectivity index (χ3n) is 2.50. The Labute approximate surface area is 96.7 Å². The van der Waals surface area contributed by atoms with Crippen LogP contribution in [0.15, 0.2) is 18.2 Å². The SMILES string of the molecule is CCNC(CN)c1cc(OC)ccc1OC. The summed E-state index contributed by atoms with van der Waals surface area (Å²) in [5, 5.41) is 3.31. The predicted octanol–water partition coefficient (Wildman–Crippen LogP) is 1.31. The molecule has 0 saturated carbocycles. The van der Waals surface area contributed by atoms with E-state index in [1.807, 2.05) is 18.2 Å². The number of ether oxygens (including phenoxy) is 2. The Bertz CT molecular complexity index is 329. The van der Waals surface area contributed by atoms with Gasteiger partial charge >= 0.3 is 0 Å². The van der Waals surface area contributed by atoms with E-state index in [-0.39, 0.29) is 6.04 Å². The summed E-state index contributed by atoms with van der Waals surface area (Å²) in [4.78, 5) is 0. The Morgan fingerprint density at radius 3 is 2.56 bits per heavy atom. The summed E-state index contributed by atoms with van der Waals surface area (Å²) < 4.78 is 10.5.